The lowest BCUT2D eigenvalue weighted by molar-refractivity contribution is 0.0588. The number of methoxy groups -OCH3 is 1. The molecule has 0 saturated carbocycles. The van der Waals surface area contributed by atoms with Crippen LogP contribution in [0, 0.1) is 5.82 Å². The monoisotopic (exact) mass is 319 g/mol. The molecule has 0 aliphatic rings. The van der Waals surface area contributed by atoms with E-state index in [1.54, 1.807) is 23.9 Å². The van der Waals surface area contributed by atoms with Gasteiger partial charge in [0.15, 0.2) is 5.01 Å². The summed E-state index contributed by atoms with van der Waals surface area (Å²) in [5, 5.41) is 0.541. The summed E-state index contributed by atoms with van der Waals surface area (Å²) in [4.78, 5) is 27.7. The van der Waals surface area contributed by atoms with Gasteiger partial charge in [0.05, 0.1) is 12.7 Å². The minimum absolute atomic E-state index is 0.0529. The number of aromatic nitrogens is 3. The quantitative estimate of drug-likeness (QED) is 0.546. The number of hydrogen-bond acceptors (Lipinski definition) is 6. The van der Waals surface area contributed by atoms with Crippen LogP contribution < -0.4 is 0 Å². The molecule has 3 aromatic rings. The normalized spacial score (nSPS) is 10.9. The first-order valence-electron chi connectivity index (χ1n) is 6.22. The molecular weight excluding hydrogens is 309 g/mol. The Bertz CT molecular complexity index is 900. The lowest BCUT2D eigenvalue weighted by Crippen LogP contribution is -2.05. The molecule has 0 aliphatic heterocycles. The maximum Gasteiger partial charge on any atom is 0.377 e. The van der Waals surface area contributed by atoms with Crippen molar-refractivity contribution in [2.24, 2.45) is 7.05 Å². The zero-order valence-electron chi connectivity index (χ0n) is 11.7. The van der Waals surface area contributed by atoms with Gasteiger partial charge in [0.25, 0.3) is 5.82 Å². The third-order valence-electron chi connectivity index (χ3n) is 3.18. The van der Waals surface area contributed by atoms with Gasteiger partial charge in [-0.15, -0.1) is 0 Å². The fourth-order valence-corrected chi connectivity index (χ4v) is 2.76. The molecule has 6 nitrogen and oxygen atoms in total. The van der Waals surface area contributed by atoms with Gasteiger partial charge in [-0.2, -0.15) is 4.37 Å². The van der Waals surface area contributed by atoms with Crippen molar-refractivity contribution in [3.8, 4) is 0 Å². The molecule has 1 aromatic carbocycles. The molecule has 0 N–H and O–H groups in total. The highest BCUT2D eigenvalue weighted by molar-refractivity contribution is 7.08. The molecule has 3 rings (SSSR count). The Morgan fingerprint density at radius 2 is 2.14 bits per heavy atom. The lowest BCUT2D eigenvalue weighted by atomic mass is 10.1. The van der Waals surface area contributed by atoms with Gasteiger partial charge in [-0.1, -0.05) is 0 Å². The summed E-state index contributed by atoms with van der Waals surface area (Å²) in [5.74, 6) is -1.72. The average Bonchev–Trinajstić information content (AvgIpc) is 3.11. The van der Waals surface area contributed by atoms with Gasteiger partial charge in [0.2, 0.25) is 5.78 Å². The number of hydrogen-bond donors (Lipinski definition) is 0. The third-order valence-corrected chi connectivity index (χ3v) is 3.90. The van der Waals surface area contributed by atoms with Crippen molar-refractivity contribution in [2.45, 2.75) is 0 Å². The molecule has 0 unspecified atom stereocenters. The van der Waals surface area contributed by atoms with Crippen molar-refractivity contribution in [3.63, 3.8) is 0 Å². The van der Waals surface area contributed by atoms with Crippen molar-refractivity contribution in [1.29, 1.82) is 0 Å². The number of benzene rings is 1. The van der Waals surface area contributed by atoms with Gasteiger partial charge < -0.3 is 9.30 Å². The summed E-state index contributed by atoms with van der Waals surface area (Å²) in [6, 6.07) is 4.23. The molecule has 2 heterocycles. The van der Waals surface area contributed by atoms with Crippen LogP contribution in [0.15, 0.2) is 24.4 Å². The topological polar surface area (TPSA) is 74.1 Å². The second-order valence-electron chi connectivity index (χ2n) is 4.56. The van der Waals surface area contributed by atoms with Crippen LogP contribution in [-0.2, 0) is 11.8 Å². The van der Waals surface area contributed by atoms with Crippen LogP contribution in [-0.4, -0.2) is 32.8 Å². The van der Waals surface area contributed by atoms with Crippen LogP contribution in [0.25, 0.3) is 10.9 Å². The summed E-state index contributed by atoms with van der Waals surface area (Å²) < 4.78 is 23.5. The van der Waals surface area contributed by atoms with E-state index >= 15 is 0 Å². The predicted molar refractivity (Wildman–Crippen MR) is 77.6 cm³/mol. The van der Waals surface area contributed by atoms with Crippen LogP contribution in [0.1, 0.15) is 26.0 Å². The van der Waals surface area contributed by atoms with E-state index in [2.05, 4.69) is 14.1 Å². The van der Waals surface area contributed by atoms with Gasteiger partial charge in [-0.25, -0.2) is 14.2 Å². The molecule has 8 heteroatoms. The SMILES string of the molecule is COC(=O)c1nsc(C(=O)c2cn(C)c3ccc(F)cc23)n1. The Labute approximate surface area is 128 Å². The summed E-state index contributed by atoms with van der Waals surface area (Å²) in [6.45, 7) is 0. The van der Waals surface area contributed by atoms with Crippen molar-refractivity contribution < 1.29 is 18.7 Å². The number of carbonyl (C=O) groups is 2. The number of nitrogens with zero attached hydrogens (tertiary/aromatic N) is 3. The molecular formula is C14H10FN3O3S. The number of ether oxygens (including phenoxy) is 1. The van der Waals surface area contributed by atoms with E-state index in [0.717, 1.165) is 17.0 Å². The highest BCUT2D eigenvalue weighted by Gasteiger charge is 2.22. The van der Waals surface area contributed by atoms with E-state index in [-0.39, 0.29) is 10.8 Å². The predicted octanol–water partition coefficient (Wildman–Crippen LogP) is 2.19. The van der Waals surface area contributed by atoms with Gasteiger partial charge in [-0.05, 0) is 29.7 Å². The number of carbonyl (C=O) groups excluding carboxylic acids is 2. The Morgan fingerprint density at radius 3 is 2.86 bits per heavy atom. The summed E-state index contributed by atoms with van der Waals surface area (Å²) in [6.07, 6.45) is 1.60. The van der Waals surface area contributed by atoms with E-state index in [0.29, 0.717) is 10.9 Å². The Kier molecular flexibility index (Phi) is 3.45. The first-order chi connectivity index (χ1) is 10.5. The van der Waals surface area contributed by atoms with Gasteiger partial charge >= 0.3 is 5.97 Å². The molecule has 0 aliphatic carbocycles. The van der Waals surface area contributed by atoms with E-state index < -0.39 is 17.6 Å². The van der Waals surface area contributed by atoms with E-state index in [1.165, 1.54) is 19.2 Å². The summed E-state index contributed by atoms with van der Waals surface area (Å²) in [5.41, 5.74) is 1.03. The number of aryl methyl sites for hydroxylation is 1. The Morgan fingerprint density at radius 1 is 1.36 bits per heavy atom. The smallest absolute Gasteiger partial charge is 0.377 e. The molecule has 0 fully saturated rings. The molecule has 2 aromatic heterocycles. The van der Waals surface area contributed by atoms with Gasteiger partial charge in [0, 0.05) is 24.1 Å². The Hall–Kier alpha value is -2.61. The summed E-state index contributed by atoms with van der Waals surface area (Å²) in [7, 11) is 2.97. The zero-order valence-corrected chi connectivity index (χ0v) is 12.5. The van der Waals surface area contributed by atoms with E-state index in [1.807, 2.05) is 0 Å². The molecule has 0 spiro atoms. The van der Waals surface area contributed by atoms with Crippen LogP contribution in [0.5, 0.6) is 0 Å². The Balaban J connectivity index is 2.07. The number of fused-ring (bicyclic) bond motifs is 1. The molecule has 112 valence electrons. The fraction of sp³-hybridized carbons (Fsp3) is 0.143. The van der Waals surface area contributed by atoms with Gasteiger partial charge in [-0.3, -0.25) is 4.79 Å². The van der Waals surface area contributed by atoms with Crippen molar-refractivity contribution in [1.82, 2.24) is 13.9 Å². The van der Waals surface area contributed by atoms with Crippen LogP contribution in [0.4, 0.5) is 4.39 Å². The van der Waals surface area contributed by atoms with Crippen molar-refractivity contribution in [2.75, 3.05) is 7.11 Å². The van der Waals surface area contributed by atoms with E-state index in [9.17, 15) is 14.0 Å². The molecule has 0 saturated heterocycles. The number of halogens is 1. The number of ketones is 1. The van der Waals surface area contributed by atoms with Crippen molar-refractivity contribution in [3.05, 3.63) is 46.6 Å². The maximum absolute atomic E-state index is 13.4. The molecule has 0 atom stereocenters. The highest BCUT2D eigenvalue weighted by Crippen LogP contribution is 2.24. The van der Waals surface area contributed by atoms with Crippen molar-refractivity contribution >= 4 is 34.2 Å². The molecule has 0 amide bonds. The third kappa shape index (κ3) is 2.27. The maximum atomic E-state index is 13.4. The van der Waals surface area contributed by atoms with Crippen LogP contribution in [0.3, 0.4) is 0 Å². The lowest BCUT2D eigenvalue weighted by Gasteiger charge is -1.96. The molecule has 0 bridgehead atoms. The van der Waals surface area contributed by atoms with Crippen LogP contribution >= 0.6 is 11.5 Å². The number of rotatable bonds is 3. The largest absolute Gasteiger partial charge is 0.463 e. The summed E-state index contributed by atoms with van der Waals surface area (Å²) >= 11 is 0.804. The fourth-order valence-electron chi connectivity index (χ4n) is 2.15. The average molecular weight is 319 g/mol. The standard InChI is InChI=1S/C14H10FN3O3S/c1-18-6-9(8-5-7(15)3-4-10(8)18)11(19)13-16-12(17-22-13)14(20)21-2/h3-6H,1-2H3. The highest BCUT2D eigenvalue weighted by atomic mass is 32.1. The molecule has 0 radical (unpaired) electrons. The number of esters is 1. The van der Waals surface area contributed by atoms with Crippen LogP contribution in [0.2, 0.25) is 0 Å². The zero-order chi connectivity index (χ0) is 15.9. The first kappa shape index (κ1) is 14.3. The second-order valence-corrected chi connectivity index (χ2v) is 5.31. The minimum atomic E-state index is -0.709. The molecule has 22 heavy (non-hydrogen) atoms. The minimum Gasteiger partial charge on any atom is -0.463 e. The second kappa shape index (κ2) is 5.30. The first-order valence-corrected chi connectivity index (χ1v) is 7.00. The van der Waals surface area contributed by atoms with E-state index in [4.69, 9.17) is 0 Å². The van der Waals surface area contributed by atoms with Gasteiger partial charge in [0.1, 0.15) is 5.82 Å².